The third kappa shape index (κ3) is 4.18. The van der Waals surface area contributed by atoms with E-state index >= 15 is 0 Å². The number of benzene rings is 2. The summed E-state index contributed by atoms with van der Waals surface area (Å²) in [5, 5.41) is 14.0. The first-order valence-corrected chi connectivity index (χ1v) is 7.88. The van der Waals surface area contributed by atoms with Crippen LogP contribution in [0.1, 0.15) is 20.7 Å². The Morgan fingerprint density at radius 1 is 0.963 bits per heavy atom. The average molecular weight is 366 g/mol. The number of carbonyl (C=O) groups is 3. The highest BCUT2D eigenvalue weighted by atomic mass is 16.4. The van der Waals surface area contributed by atoms with Crippen molar-refractivity contribution in [1.29, 1.82) is 0 Å². The Balaban J connectivity index is 1.74. The molecule has 0 aliphatic carbocycles. The molecule has 3 aromatic rings. The summed E-state index contributed by atoms with van der Waals surface area (Å²) >= 11 is 0. The Bertz CT molecular complexity index is 1090. The molecule has 2 aromatic carbocycles. The molecule has 3 N–H and O–H groups in total. The average Bonchev–Trinajstić information content (AvgIpc) is 2.66. The van der Waals surface area contributed by atoms with Gasteiger partial charge in [-0.2, -0.15) is 0 Å². The van der Waals surface area contributed by atoms with Crippen molar-refractivity contribution in [3.8, 4) is 0 Å². The topological polar surface area (TPSA) is 126 Å². The lowest BCUT2D eigenvalue weighted by Crippen LogP contribution is -2.29. The summed E-state index contributed by atoms with van der Waals surface area (Å²) in [6.07, 6.45) is 0. The molecule has 0 atom stereocenters. The third-order valence-corrected chi connectivity index (χ3v) is 3.69. The summed E-state index contributed by atoms with van der Waals surface area (Å²) in [5.74, 6) is -2.34. The zero-order valence-electron chi connectivity index (χ0n) is 13.9. The SMILES string of the molecule is O=C(O)CNC(=O)c1ccc(NC(=O)c2cc3ccccc3oc2=O)cc1. The molecule has 0 aliphatic rings. The fraction of sp³-hybridized carbons (Fsp3) is 0.0526. The van der Waals surface area contributed by atoms with Gasteiger partial charge < -0.3 is 20.2 Å². The summed E-state index contributed by atoms with van der Waals surface area (Å²) in [5.41, 5.74) is 0.0884. The Hall–Kier alpha value is -3.94. The fourth-order valence-corrected chi connectivity index (χ4v) is 2.38. The maximum atomic E-state index is 12.4. The van der Waals surface area contributed by atoms with Gasteiger partial charge in [0.15, 0.2) is 0 Å². The van der Waals surface area contributed by atoms with Gasteiger partial charge in [0.25, 0.3) is 11.8 Å². The summed E-state index contributed by atoms with van der Waals surface area (Å²) in [7, 11) is 0. The largest absolute Gasteiger partial charge is 0.480 e. The second-order valence-corrected chi connectivity index (χ2v) is 5.59. The van der Waals surface area contributed by atoms with Crippen molar-refractivity contribution < 1.29 is 23.9 Å². The molecule has 0 spiro atoms. The normalized spacial score (nSPS) is 10.4. The van der Waals surface area contributed by atoms with Crippen LogP contribution < -0.4 is 16.3 Å². The molecular weight excluding hydrogens is 352 g/mol. The van der Waals surface area contributed by atoms with Gasteiger partial charge in [-0.05, 0) is 36.4 Å². The number of rotatable bonds is 5. The van der Waals surface area contributed by atoms with Gasteiger partial charge in [-0.3, -0.25) is 14.4 Å². The lowest BCUT2D eigenvalue weighted by Gasteiger charge is -2.07. The van der Waals surface area contributed by atoms with Gasteiger partial charge >= 0.3 is 11.6 Å². The standard InChI is InChI=1S/C19H14N2O6/c22-16(23)10-20-17(24)11-5-7-13(8-6-11)21-18(25)14-9-12-3-1-2-4-15(12)27-19(14)26/h1-9H,10H2,(H,20,24)(H,21,25)(H,22,23). The minimum absolute atomic E-state index is 0.142. The van der Waals surface area contributed by atoms with Crippen molar-refractivity contribution in [3.63, 3.8) is 0 Å². The van der Waals surface area contributed by atoms with Crippen LogP contribution in [0.4, 0.5) is 5.69 Å². The van der Waals surface area contributed by atoms with Crippen LogP contribution in [0.25, 0.3) is 11.0 Å². The predicted octanol–water partition coefficient (Wildman–Crippen LogP) is 1.86. The highest BCUT2D eigenvalue weighted by Crippen LogP contribution is 2.15. The van der Waals surface area contributed by atoms with E-state index in [1.54, 1.807) is 24.3 Å². The molecule has 0 fully saturated rings. The van der Waals surface area contributed by atoms with Crippen molar-refractivity contribution >= 4 is 34.4 Å². The first kappa shape index (κ1) is 17.9. The van der Waals surface area contributed by atoms with Crippen molar-refractivity contribution in [1.82, 2.24) is 5.32 Å². The van der Waals surface area contributed by atoms with Crippen LogP contribution in [0, 0.1) is 0 Å². The Labute approximate surface area is 152 Å². The zero-order chi connectivity index (χ0) is 19.4. The maximum absolute atomic E-state index is 12.4. The zero-order valence-corrected chi connectivity index (χ0v) is 13.9. The molecule has 2 amide bonds. The summed E-state index contributed by atoms with van der Waals surface area (Å²) in [6.45, 7) is -0.491. The van der Waals surface area contributed by atoms with Crippen molar-refractivity contribution in [2.45, 2.75) is 0 Å². The van der Waals surface area contributed by atoms with Gasteiger partial charge in [0.2, 0.25) is 0 Å². The van der Waals surface area contributed by atoms with E-state index in [0.29, 0.717) is 16.7 Å². The Morgan fingerprint density at radius 3 is 2.37 bits per heavy atom. The maximum Gasteiger partial charge on any atom is 0.349 e. The number of carboxylic acid groups (broad SMARTS) is 1. The van der Waals surface area contributed by atoms with Crippen molar-refractivity contribution in [2.24, 2.45) is 0 Å². The van der Waals surface area contributed by atoms with E-state index in [1.807, 2.05) is 0 Å². The summed E-state index contributed by atoms with van der Waals surface area (Å²) in [4.78, 5) is 46.6. The van der Waals surface area contributed by atoms with Crippen LogP contribution >= 0.6 is 0 Å². The lowest BCUT2D eigenvalue weighted by molar-refractivity contribution is -0.135. The number of para-hydroxylation sites is 1. The molecule has 3 rings (SSSR count). The Kier molecular flexibility index (Phi) is 4.98. The van der Waals surface area contributed by atoms with Crippen LogP contribution in [0.15, 0.2) is 63.8 Å². The first-order valence-electron chi connectivity index (χ1n) is 7.88. The van der Waals surface area contributed by atoms with Gasteiger partial charge in [0.1, 0.15) is 17.7 Å². The van der Waals surface area contributed by atoms with Gasteiger partial charge in [0, 0.05) is 16.6 Å². The van der Waals surface area contributed by atoms with Gasteiger partial charge in [-0.1, -0.05) is 18.2 Å². The number of anilines is 1. The molecule has 0 saturated carbocycles. The predicted molar refractivity (Wildman–Crippen MR) is 96.8 cm³/mol. The fourth-order valence-electron chi connectivity index (χ4n) is 2.38. The van der Waals surface area contributed by atoms with Gasteiger partial charge in [0.05, 0.1) is 0 Å². The van der Waals surface area contributed by atoms with Crippen molar-refractivity contribution in [3.05, 3.63) is 76.1 Å². The van der Waals surface area contributed by atoms with Gasteiger partial charge in [-0.15, -0.1) is 0 Å². The van der Waals surface area contributed by atoms with E-state index in [0.717, 1.165) is 0 Å². The molecule has 0 radical (unpaired) electrons. The smallest absolute Gasteiger partial charge is 0.349 e. The molecule has 27 heavy (non-hydrogen) atoms. The monoisotopic (exact) mass is 366 g/mol. The minimum Gasteiger partial charge on any atom is -0.480 e. The van der Waals surface area contributed by atoms with E-state index in [9.17, 15) is 19.2 Å². The first-order chi connectivity index (χ1) is 12.9. The quantitative estimate of drug-likeness (QED) is 0.592. The number of nitrogens with one attached hydrogen (secondary N) is 2. The van der Waals surface area contributed by atoms with Gasteiger partial charge in [-0.25, -0.2) is 4.79 Å². The highest BCUT2D eigenvalue weighted by Gasteiger charge is 2.14. The van der Waals surface area contributed by atoms with E-state index in [1.165, 1.54) is 30.3 Å². The molecule has 1 aromatic heterocycles. The van der Waals surface area contributed by atoms with Crippen molar-refractivity contribution in [2.75, 3.05) is 11.9 Å². The number of aliphatic carboxylic acids is 1. The number of amides is 2. The summed E-state index contributed by atoms with van der Waals surface area (Å²) < 4.78 is 5.13. The summed E-state index contributed by atoms with van der Waals surface area (Å²) in [6, 6.07) is 14.1. The van der Waals surface area contributed by atoms with E-state index in [2.05, 4.69) is 10.6 Å². The van der Waals surface area contributed by atoms with Crippen LogP contribution in [0.5, 0.6) is 0 Å². The molecule has 0 unspecified atom stereocenters. The van der Waals surface area contributed by atoms with Crippen LogP contribution in [-0.4, -0.2) is 29.4 Å². The van der Waals surface area contributed by atoms with E-state index in [-0.39, 0.29) is 11.1 Å². The number of carboxylic acids is 1. The van der Waals surface area contributed by atoms with E-state index < -0.39 is 30.0 Å². The molecule has 8 heteroatoms. The third-order valence-electron chi connectivity index (χ3n) is 3.69. The molecule has 136 valence electrons. The molecular formula is C19H14N2O6. The molecule has 0 aliphatic heterocycles. The second-order valence-electron chi connectivity index (χ2n) is 5.59. The number of hydrogen-bond donors (Lipinski definition) is 3. The highest BCUT2D eigenvalue weighted by molar-refractivity contribution is 6.05. The second kappa shape index (κ2) is 7.52. The number of hydrogen-bond acceptors (Lipinski definition) is 5. The molecule has 1 heterocycles. The van der Waals surface area contributed by atoms with Crippen LogP contribution in [0.2, 0.25) is 0 Å². The molecule has 8 nitrogen and oxygen atoms in total. The van der Waals surface area contributed by atoms with Crippen LogP contribution in [-0.2, 0) is 4.79 Å². The minimum atomic E-state index is -1.15. The van der Waals surface area contributed by atoms with E-state index in [4.69, 9.17) is 9.52 Å². The molecule has 0 saturated heterocycles. The lowest BCUT2D eigenvalue weighted by atomic mass is 10.1. The number of carbonyl (C=O) groups excluding carboxylic acids is 2. The Morgan fingerprint density at radius 2 is 1.67 bits per heavy atom. The molecule has 0 bridgehead atoms. The van der Waals surface area contributed by atoms with Crippen LogP contribution in [0.3, 0.4) is 0 Å². The number of fused-ring (bicyclic) bond motifs is 1.